The standard InChI is InChI=1S/C21H26F2N6OS/c1-10-7-14(16(22)23)29-20(25-10)26-17(28-29)18(30)27-19-13(9-24)12-6-5-11(21(2,3)4)8-15(12)31-19/h10-11,14,16H,5-8H2,1-4H3,(H,27,30)(H,25,26,28)/t10-,11+,14+/m1/s1. The van der Waals surface area contributed by atoms with E-state index >= 15 is 0 Å². The predicted octanol–water partition coefficient (Wildman–Crippen LogP) is 4.62. The van der Waals surface area contributed by atoms with Crippen molar-refractivity contribution in [2.24, 2.45) is 11.3 Å². The van der Waals surface area contributed by atoms with Crippen molar-refractivity contribution in [3.8, 4) is 6.07 Å². The first-order valence-electron chi connectivity index (χ1n) is 10.5. The number of thiophene rings is 1. The first-order valence-corrected chi connectivity index (χ1v) is 11.3. The second-order valence-corrected chi connectivity index (χ2v) is 10.6. The Hall–Kier alpha value is -2.54. The second kappa shape index (κ2) is 7.86. The third-order valence-corrected chi connectivity index (χ3v) is 7.41. The van der Waals surface area contributed by atoms with Gasteiger partial charge in [0.05, 0.1) is 5.56 Å². The molecule has 1 aliphatic heterocycles. The van der Waals surface area contributed by atoms with Gasteiger partial charge in [-0.3, -0.25) is 4.79 Å². The molecule has 1 aliphatic carbocycles. The molecule has 2 aliphatic rings. The van der Waals surface area contributed by atoms with Crippen molar-refractivity contribution < 1.29 is 13.6 Å². The van der Waals surface area contributed by atoms with Gasteiger partial charge in [-0.15, -0.1) is 16.4 Å². The smallest absolute Gasteiger partial charge is 0.296 e. The molecule has 0 aromatic carbocycles. The molecule has 0 fully saturated rings. The molecule has 10 heteroatoms. The van der Waals surface area contributed by atoms with Crippen LogP contribution in [0.1, 0.15) is 73.2 Å². The van der Waals surface area contributed by atoms with Crippen LogP contribution in [-0.2, 0) is 12.8 Å². The molecule has 4 rings (SSSR count). The van der Waals surface area contributed by atoms with Crippen LogP contribution < -0.4 is 10.6 Å². The normalized spacial score (nSPS) is 23.0. The van der Waals surface area contributed by atoms with Gasteiger partial charge in [-0.05, 0) is 49.5 Å². The Labute approximate surface area is 183 Å². The number of amides is 1. The molecular formula is C21H26F2N6OS. The number of anilines is 2. The van der Waals surface area contributed by atoms with E-state index in [4.69, 9.17) is 0 Å². The lowest BCUT2D eigenvalue weighted by molar-refractivity contribution is 0.0662. The van der Waals surface area contributed by atoms with Crippen LogP contribution in [0.25, 0.3) is 0 Å². The van der Waals surface area contributed by atoms with Crippen LogP contribution in [0, 0.1) is 22.7 Å². The summed E-state index contributed by atoms with van der Waals surface area (Å²) < 4.78 is 27.9. The van der Waals surface area contributed by atoms with Gasteiger partial charge in [-0.25, -0.2) is 13.5 Å². The number of carbonyl (C=O) groups is 1. The van der Waals surface area contributed by atoms with Gasteiger partial charge >= 0.3 is 0 Å². The molecule has 0 spiro atoms. The molecule has 7 nitrogen and oxygen atoms in total. The molecule has 0 unspecified atom stereocenters. The fraction of sp³-hybridized carbons (Fsp3) is 0.619. The minimum Gasteiger partial charge on any atom is -0.352 e. The minimum atomic E-state index is -2.61. The van der Waals surface area contributed by atoms with Crippen molar-refractivity contribution in [3.63, 3.8) is 0 Å². The lowest BCUT2D eigenvalue weighted by Crippen LogP contribution is -2.33. The number of hydrogen-bond donors (Lipinski definition) is 2. The van der Waals surface area contributed by atoms with E-state index in [1.807, 2.05) is 0 Å². The number of nitrogens with zero attached hydrogens (tertiary/aromatic N) is 4. The molecule has 1 amide bonds. The Balaban J connectivity index is 1.59. The van der Waals surface area contributed by atoms with Crippen LogP contribution in [0.15, 0.2) is 0 Å². The summed E-state index contributed by atoms with van der Waals surface area (Å²) in [7, 11) is 0. The summed E-state index contributed by atoms with van der Waals surface area (Å²) in [6.45, 7) is 8.45. The maximum Gasteiger partial charge on any atom is 0.296 e. The molecule has 31 heavy (non-hydrogen) atoms. The van der Waals surface area contributed by atoms with E-state index in [2.05, 4.69) is 47.6 Å². The third kappa shape index (κ3) is 4.03. The summed E-state index contributed by atoms with van der Waals surface area (Å²) in [6.07, 6.45) is 0.277. The Kier molecular flexibility index (Phi) is 5.50. The molecule has 2 aromatic heterocycles. The van der Waals surface area contributed by atoms with Crippen molar-refractivity contribution in [3.05, 3.63) is 21.8 Å². The average Bonchev–Trinajstić information content (AvgIpc) is 3.26. The number of carbonyl (C=O) groups excluding carboxylic acids is 1. The zero-order valence-electron chi connectivity index (χ0n) is 18.0. The van der Waals surface area contributed by atoms with E-state index in [9.17, 15) is 18.8 Å². The van der Waals surface area contributed by atoms with Crippen LogP contribution in [-0.4, -0.2) is 33.1 Å². The quantitative estimate of drug-likeness (QED) is 0.714. The Bertz CT molecular complexity index is 1050. The van der Waals surface area contributed by atoms with Crippen molar-refractivity contribution in [1.29, 1.82) is 5.26 Å². The minimum absolute atomic E-state index is 0.160. The van der Waals surface area contributed by atoms with Crippen molar-refractivity contribution in [1.82, 2.24) is 14.8 Å². The van der Waals surface area contributed by atoms with E-state index in [1.54, 1.807) is 6.92 Å². The third-order valence-electron chi connectivity index (χ3n) is 6.24. The Morgan fingerprint density at radius 3 is 2.81 bits per heavy atom. The first-order chi connectivity index (χ1) is 14.6. The molecule has 0 radical (unpaired) electrons. The highest BCUT2D eigenvalue weighted by atomic mass is 32.1. The van der Waals surface area contributed by atoms with E-state index in [-0.39, 0.29) is 29.7 Å². The molecule has 166 valence electrons. The molecule has 0 bridgehead atoms. The van der Waals surface area contributed by atoms with Gasteiger partial charge in [0.1, 0.15) is 17.1 Å². The highest BCUT2D eigenvalue weighted by molar-refractivity contribution is 7.16. The summed E-state index contributed by atoms with van der Waals surface area (Å²) in [5.74, 6) is -0.125. The molecule has 0 saturated carbocycles. The monoisotopic (exact) mass is 448 g/mol. The molecule has 0 saturated heterocycles. The summed E-state index contributed by atoms with van der Waals surface area (Å²) >= 11 is 1.42. The number of nitrogens with one attached hydrogen (secondary N) is 2. The Morgan fingerprint density at radius 1 is 1.42 bits per heavy atom. The van der Waals surface area contributed by atoms with E-state index in [0.717, 1.165) is 34.4 Å². The fourth-order valence-electron chi connectivity index (χ4n) is 4.39. The topological polar surface area (TPSA) is 95.6 Å². The van der Waals surface area contributed by atoms with Gasteiger partial charge in [-0.1, -0.05) is 20.8 Å². The van der Waals surface area contributed by atoms with Gasteiger partial charge in [0.25, 0.3) is 12.3 Å². The molecule has 2 aromatic rings. The number of aromatic nitrogens is 3. The number of nitriles is 1. The fourth-order valence-corrected chi connectivity index (χ4v) is 5.66. The maximum absolute atomic E-state index is 13.4. The lowest BCUT2D eigenvalue weighted by Gasteiger charge is -2.33. The highest BCUT2D eigenvalue weighted by Crippen LogP contribution is 2.44. The van der Waals surface area contributed by atoms with Gasteiger partial charge in [0.2, 0.25) is 11.8 Å². The molecule has 3 atom stereocenters. The number of alkyl halides is 2. The average molecular weight is 449 g/mol. The highest BCUT2D eigenvalue weighted by Gasteiger charge is 2.35. The first kappa shape index (κ1) is 21.7. The summed E-state index contributed by atoms with van der Waals surface area (Å²) in [5.41, 5.74) is 1.67. The van der Waals surface area contributed by atoms with Gasteiger partial charge in [-0.2, -0.15) is 10.2 Å². The molecular weight excluding hydrogens is 422 g/mol. The van der Waals surface area contributed by atoms with E-state index in [0.29, 0.717) is 16.5 Å². The van der Waals surface area contributed by atoms with Gasteiger partial charge in [0.15, 0.2) is 0 Å². The summed E-state index contributed by atoms with van der Waals surface area (Å²) in [4.78, 5) is 18.1. The summed E-state index contributed by atoms with van der Waals surface area (Å²) in [5, 5.41) is 20.0. The van der Waals surface area contributed by atoms with Gasteiger partial charge in [0, 0.05) is 10.9 Å². The van der Waals surface area contributed by atoms with E-state index < -0.39 is 18.4 Å². The zero-order valence-corrected chi connectivity index (χ0v) is 18.8. The van der Waals surface area contributed by atoms with Crippen molar-refractivity contribution >= 4 is 28.2 Å². The maximum atomic E-state index is 13.4. The van der Waals surface area contributed by atoms with Crippen molar-refractivity contribution in [2.45, 2.75) is 71.9 Å². The summed E-state index contributed by atoms with van der Waals surface area (Å²) in [6, 6.07) is 0.905. The largest absolute Gasteiger partial charge is 0.352 e. The number of halogens is 2. The van der Waals surface area contributed by atoms with E-state index in [1.165, 1.54) is 11.3 Å². The number of hydrogen-bond acceptors (Lipinski definition) is 6. The zero-order chi connectivity index (χ0) is 22.5. The van der Waals surface area contributed by atoms with Crippen LogP contribution in [0.5, 0.6) is 0 Å². The lowest BCUT2D eigenvalue weighted by atomic mass is 9.72. The number of fused-ring (bicyclic) bond motifs is 2. The SMILES string of the molecule is C[C@@H]1C[C@@H](C(F)F)n2nc(C(=O)Nc3sc4c(c3C#N)CC[C@H](C(C)(C)C)C4)nc2N1. The number of rotatable bonds is 3. The van der Waals surface area contributed by atoms with Crippen molar-refractivity contribution in [2.75, 3.05) is 10.6 Å². The predicted molar refractivity (Wildman–Crippen MR) is 115 cm³/mol. The molecule has 2 N–H and O–H groups in total. The Morgan fingerprint density at radius 2 is 2.16 bits per heavy atom. The van der Waals surface area contributed by atoms with Crippen LogP contribution in [0.3, 0.4) is 0 Å². The molecule has 3 heterocycles. The van der Waals surface area contributed by atoms with Gasteiger partial charge < -0.3 is 10.6 Å². The van der Waals surface area contributed by atoms with Crippen LogP contribution in [0.2, 0.25) is 0 Å². The second-order valence-electron chi connectivity index (χ2n) is 9.47. The van der Waals surface area contributed by atoms with Crippen LogP contribution >= 0.6 is 11.3 Å². The van der Waals surface area contributed by atoms with Crippen LogP contribution in [0.4, 0.5) is 19.7 Å².